The molecule has 0 bridgehead atoms. The minimum absolute atomic E-state index is 0.175. The van der Waals surface area contributed by atoms with Gasteiger partial charge in [-0.25, -0.2) is 4.90 Å². The molecule has 3 amide bonds. The summed E-state index contributed by atoms with van der Waals surface area (Å²) in [5, 5.41) is 6.34. The van der Waals surface area contributed by atoms with E-state index in [2.05, 4.69) is 10.6 Å². The summed E-state index contributed by atoms with van der Waals surface area (Å²) < 4.78 is 0. The Kier molecular flexibility index (Phi) is 6.29. The summed E-state index contributed by atoms with van der Waals surface area (Å²) in [5.41, 5.74) is 3.88. The molecule has 2 N–H and O–H groups in total. The van der Waals surface area contributed by atoms with Crippen LogP contribution < -0.4 is 15.5 Å². The lowest BCUT2D eigenvalue weighted by Crippen LogP contribution is -2.32. The van der Waals surface area contributed by atoms with Gasteiger partial charge in [-0.1, -0.05) is 42.8 Å². The zero-order chi connectivity index (χ0) is 23.5. The standard InChI is InChI=1S/C26H22ClN3O3/c1-3-17-4-14-22(15-5-17)30-25(32)23(18-6-8-19(27)9-7-18)24(26(30)33)29-21-12-10-20(11-13-21)28-16(2)31/h4-15,29H,3H2,1-2H3,(H,28,31). The quantitative estimate of drug-likeness (QED) is 0.493. The highest BCUT2D eigenvalue weighted by Crippen LogP contribution is 2.34. The minimum Gasteiger partial charge on any atom is -0.350 e. The van der Waals surface area contributed by atoms with Crippen molar-refractivity contribution in [2.24, 2.45) is 0 Å². The van der Waals surface area contributed by atoms with Crippen molar-refractivity contribution in [3.63, 3.8) is 0 Å². The van der Waals surface area contributed by atoms with Crippen molar-refractivity contribution in [2.45, 2.75) is 20.3 Å². The van der Waals surface area contributed by atoms with Crippen molar-refractivity contribution in [3.8, 4) is 0 Å². The van der Waals surface area contributed by atoms with Crippen LogP contribution in [0.25, 0.3) is 5.57 Å². The van der Waals surface area contributed by atoms with Crippen LogP contribution in [0.3, 0.4) is 0 Å². The van der Waals surface area contributed by atoms with Crippen molar-refractivity contribution in [3.05, 3.63) is 94.6 Å². The molecule has 1 aliphatic rings. The van der Waals surface area contributed by atoms with Crippen LogP contribution in [0.1, 0.15) is 25.0 Å². The lowest BCUT2D eigenvalue weighted by Gasteiger charge is -2.16. The molecule has 0 spiro atoms. The third kappa shape index (κ3) is 4.66. The Morgan fingerprint density at radius 3 is 2.03 bits per heavy atom. The molecule has 0 saturated heterocycles. The average Bonchev–Trinajstić information content (AvgIpc) is 3.05. The number of rotatable bonds is 6. The van der Waals surface area contributed by atoms with Crippen LogP contribution in [0.2, 0.25) is 5.02 Å². The van der Waals surface area contributed by atoms with Crippen LogP contribution >= 0.6 is 11.6 Å². The SMILES string of the molecule is CCc1ccc(N2C(=O)C(Nc3ccc(NC(C)=O)cc3)=C(c3ccc(Cl)cc3)C2=O)cc1. The highest BCUT2D eigenvalue weighted by Gasteiger charge is 2.40. The molecule has 0 fully saturated rings. The van der Waals surface area contributed by atoms with Gasteiger partial charge in [-0.2, -0.15) is 0 Å². The second-order valence-corrected chi connectivity index (χ2v) is 8.04. The minimum atomic E-state index is -0.444. The molecule has 3 aromatic rings. The number of hydrogen-bond donors (Lipinski definition) is 2. The predicted molar refractivity (Wildman–Crippen MR) is 131 cm³/mol. The zero-order valence-corrected chi connectivity index (χ0v) is 18.9. The molecule has 3 aromatic carbocycles. The lowest BCUT2D eigenvalue weighted by molar-refractivity contribution is -0.120. The number of carbonyl (C=O) groups is 3. The van der Waals surface area contributed by atoms with Gasteiger partial charge in [-0.05, 0) is 66.1 Å². The number of nitrogens with zero attached hydrogens (tertiary/aromatic N) is 1. The van der Waals surface area contributed by atoms with Gasteiger partial charge < -0.3 is 10.6 Å². The van der Waals surface area contributed by atoms with Crippen molar-refractivity contribution < 1.29 is 14.4 Å². The molecule has 0 radical (unpaired) electrons. The van der Waals surface area contributed by atoms with E-state index >= 15 is 0 Å². The molecule has 0 aromatic heterocycles. The van der Waals surface area contributed by atoms with Crippen LogP contribution in [0.4, 0.5) is 17.1 Å². The number of aryl methyl sites for hydroxylation is 1. The van der Waals surface area contributed by atoms with E-state index in [9.17, 15) is 14.4 Å². The van der Waals surface area contributed by atoms with Gasteiger partial charge in [0.15, 0.2) is 0 Å². The molecule has 166 valence electrons. The topological polar surface area (TPSA) is 78.5 Å². The van der Waals surface area contributed by atoms with Gasteiger partial charge in [0.25, 0.3) is 11.8 Å². The number of carbonyl (C=O) groups excluding carboxylic acids is 3. The first-order chi connectivity index (χ1) is 15.9. The maximum Gasteiger partial charge on any atom is 0.282 e. The van der Waals surface area contributed by atoms with E-state index in [1.54, 1.807) is 60.7 Å². The van der Waals surface area contributed by atoms with E-state index in [0.717, 1.165) is 12.0 Å². The molecule has 0 saturated carbocycles. The third-order valence-electron chi connectivity index (χ3n) is 5.29. The highest BCUT2D eigenvalue weighted by atomic mass is 35.5. The molecule has 6 nitrogen and oxygen atoms in total. The van der Waals surface area contributed by atoms with Crippen molar-refractivity contribution in [1.29, 1.82) is 0 Å². The van der Waals surface area contributed by atoms with Gasteiger partial charge in [0.1, 0.15) is 5.70 Å². The fraction of sp³-hybridized carbons (Fsp3) is 0.115. The van der Waals surface area contributed by atoms with Gasteiger partial charge in [0, 0.05) is 23.3 Å². The number of nitrogens with one attached hydrogen (secondary N) is 2. The Balaban J connectivity index is 1.73. The summed E-state index contributed by atoms with van der Waals surface area (Å²) in [7, 11) is 0. The first-order valence-electron chi connectivity index (χ1n) is 10.5. The smallest absolute Gasteiger partial charge is 0.282 e. The maximum atomic E-state index is 13.5. The predicted octanol–water partition coefficient (Wildman–Crippen LogP) is 5.26. The largest absolute Gasteiger partial charge is 0.350 e. The molecule has 0 unspecified atom stereocenters. The van der Waals surface area contributed by atoms with Gasteiger partial charge in [-0.15, -0.1) is 0 Å². The van der Waals surface area contributed by atoms with Crippen molar-refractivity contribution in [2.75, 3.05) is 15.5 Å². The van der Waals surface area contributed by atoms with E-state index < -0.39 is 11.8 Å². The van der Waals surface area contributed by atoms with E-state index in [-0.39, 0.29) is 17.2 Å². The van der Waals surface area contributed by atoms with Crippen LogP contribution in [-0.4, -0.2) is 17.7 Å². The van der Waals surface area contributed by atoms with Crippen molar-refractivity contribution in [1.82, 2.24) is 0 Å². The van der Waals surface area contributed by atoms with Crippen LogP contribution in [0.5, 0.6) is 0 Å². The zero-order valence-electron chi connectivity index (χ0n) is 18.2. The van der Waals surface area contributed by atoms with E-state index in [4.69, 9.17) is 11.6 Å². The molecule has 1 aliphatic heterocycles. The number of imide groups is 1. The molecule has 33 heavy (non-hydrogen) atoms. The van der Waals surface area contributed by atoms with Crippen LogP contribution in [-0.2, 0) is 20.8 Å². The fourth-order valence-electron chi connectivity index (χ4n) is 3.63. The number of hydrogen-bond acceptors (Lipinski definition) is 4. The highest BCUT2D eigenvalue weighted by molar-refractivity contribution is 6.46. The third-order valence-corrected chi connectivity index (χ3v) is 5.55. The Morgan fingerprint density at radius 2 is 1.45 bits per heavy atom. The Hall–Kier alpha value is -3.90. The summed E-state index contributed by atoms with van der Waals surface area (Å²) >= 11 is 6.03. The molecule has 0 aliphatic carbocycles. The van der Waals surface area contributed by atoms with Gasteiger partial charge in [0.05, 0.1) is 11.3 Å². The Bertz CT molecular complexity index is 1250. The molecule has 1 heterocycles. The molecule has 7 heteroatoms. The fourth-order valence-corrected chi connectivity index (χ4v) is 3.76. The lowest BCUT2D eigenvalue weighted by atomic mass is 10.0. The van der Waals surface area contributed by atoms with E-state index in [1.807, 2.05) is 19.1 Å². The van der Waals surface area contributed by atoms with Gasteiger partial charge >= 0.3 is 0 Å². The second-order valence-electron chi connectivity index (χ2n) is 7.61. The summed E-state index contributed by atoms with van der Waals surface area (Å²) in [6.45, 7) is 3.47. The first kappa shape index (κ1) is 22.3. The van der Waals surface area contributed by atoms with Gasteiger partial charge in [0.2, 0.25) is 5.91 Å². The normalized spacial score (nSPS) is 13.5. The molecular weight excluding hydrogens is 438 g/mol. The molecule has 0 atom stereocenters. The van der Waals surface area contributed by atoms with Crippen molar-refractivity contribution >= 4 is 52.0 Å². The molecule has 4 rings (SSSR count). The Morgan fingerprint density at radius 1 is 0.848 bits per heavy atom. The average molecular weight is 460 g/mol. The summed E-state index contributed by atoms with van der Waals surface area (Å²) in [5.74, 6) is -1.03. The monoisotopic (exact) mass is 459 g/mol. The summed E-state index contributed by atoms with van der Waals surface area (Å²) in [6, 6.07) is 21.1. The van der Waals surface area contributed by atoms with Crippen LogP contribution in [0, 0.1) is 0 Å². The van der Waals surface area contributed by atoms with Gasteiger partial charge in [-0.3, -0.25) is 14.4 Å². The first-order valence-corrected chi connectivity index (χ1v) is 10.9. The number of amides is 3. The second kappa shape index (κ2) is 9.30. The summed E-state index contributed by atoms with van der Waals surface area (Å²) in [4.78, 5) is 39.3. The van der Waals surface area contributed by atoms with E-state index in [1.165, 1.54) is 11.8 Å². The number of halogens is 1. The van der Waals surface area contributed by atoms with Crippen LogP contribution in [0.15, 0.2) is 78.5 Å². The van der Waals surface area contributed by atoms with E-state index in [0.29, 0.717) is 27.6 Å². The number of benzene rings is 3. The maximum absolute atomic E-state index is 13.5. The number of anilines is 3. The summed E-state index contributed by atoms with van der Waals surface area (Å²) in [6.07, 6.45) is 0.859. The molecular formula is C26H22ClN3O3. The Labute approximate surface area is 196 Å².